The summed E-state index contributed by atoms with van der Waals surface area (Å²) in [5.74, 6) is -0.658. The molecule has 5 nitrogen and oxygen atoms in total. The van der Waals surface area contributed by atoms with Crippen molar-refractivity contribution in [2.45, 2.75) is 12.5 Å². The number of nitrogens with zero attached hydrogens (tertiary/aromatic N) is 1. The van der Waals surface area contributed by atoms with Crippen LogP contribution in [0.3, 0.4) is 0 Å². The molecule has 130 valence electrons. The van der Waals surface area contributed by atoms with E-state index < -0.39 is 17.5 Å². The molecule has 1 unspecified atom stereocenters. The summed E-state index contributed by atoms with van der Waals surface area (Å²) in [6, 6.07) is 16.3. The van der Waals surface area contributed by atoms with Crippen LogP contribution in [0, 0.1) is 0 Å². The zero-order valence-corrected chi connectivity index (χ0v) is 14.9. The molecule has 0 radical (unpaired) electrons. The molecule has 3 amide bonds. The maximum atomic E-state index is 13.1. The molecule has 0 saturated carbocycles. The second-order valence-electron chi connectivity index (χ2n) is 6.37. The molecule has 1 N–H and O–H groups in total. The van der Waals surface area contributed by atoms with Crippen molar-refractivity contribution in [1.29, 1.82) is 0 Å². The molecule has 2 heterocycles. The molecule has 4 rings (SSSR count). The van der Waals surface area contributed by atoms with Crippen LogP contribution in [0.15, 0.2) is 60.0 Å². The molecule has 0 spiro atoms. The largest absolute Gasteiger partial charge is 0.325 e. The number of nitrogens with one attached hydrogen (secondary N) is 1. The lowest BCUT2D eigenvalue weighted by molar-refractivity contribution is -0.130. The lowest BCUT2D eigenvalue weighted by atomic mass is 9.88. The van der Waals surface area contributed by atoms with Crippen LogP contribution in [-0.4, -0.2) is 29.2 Å². The molecule has 0 bridgehead atoms. The van der Waals surface area contributed by atoms with Crippen LogP contribution in [0.1, 0.15) is 22.2 Å². The van der Waals surface area contributed by atoms with Gasteiger partial charge in [0.05, 0.1) is 11.4 Å². The summed E-state index contributed by atoms with van der Waals surface area (Å²) in [6.45, 7) is 1.43. The summed E-state index contributed by atoms with van der Waals surface area (Å²) in [4.78, 5) is 39.4. The monoisotopic (exact) mass is 364 g/mol. The van der Waals surface area contributed by atoms with E-state index in [9.17, 15) is 14.4 Å². The van der Waals surface area contributed by atoms with E-state index in [0.717, 1.165) is 21.2 Å². The van der Waals surface area contributed by atoms with Gasteiger partial charge >= 0.3 is 6.03 Å². The SMILES string of the molecule is CC1(c2cccc3ccccc23)NC(=O)N(CC(=O)c2cccs2)C1=O. The first-order valence-corrected chi connectivity index (χ1v) is 9.08. The van der Waals surface area contributed by atoms with Gasteiger partial charge < -0.3 is 5.32 Å². The Labute approximate surface area is 154 Å². The number of hydrogen-bond donors (Lipinski definition) is 1. The molecule has 2 aromatic carbocycles. The number of fused-ring (bicyclic) bond motifs is 1. The molecular weight excluding hydrogens is 348 g/mol. The number of imide groups is 1. The number of benzene rings is 2. The van der Waals surface area contributed by atoms with E-state index in [1.165, 1.54) is 11.3 Å². The van der Waals surface area contributed by atoms with Gasteiger partial charge in [0.2, 0.25) is 0 Å². The third kappa shape index (κ3) is 2.50. The Bertz CT molecular complexity index is 1020. The molecule has 1 aliphatic rings. The van der Waals surface area contributed by atoms with Gasteiger partial charge in [-0.2, -0.15) is 0 Å². The minimum Gasteiger partial charge on any atom is -0.319 e. The molecule has 3 aromatic rings. The first kappa shape index (κ1) is 16.5. The van der Waals surface area contributed by atoms with Gasteiger partial charge in [-0.15, -0.1) is 11.3 Å². The Balaban J connectivity index is 1.70. The predicted molar refractivity (Wildman–Crippen MR) is 100 cm³/mol. The number of urea groups is 1. The van der Waals surface area contributed by atoms with Gasteiger partial charge in [0.1, 0.15) is 5.54 Å². The minimum absolute atomic E-state index is 0.245. The van der Waals surface area contributed by atoms with Gasteiger partial charge in [0, 0.05) is 0 Å². The first-order valence-electron chi connectivity index (χ1n) is 8.20. The molecule has 1 fully saturated rings. The fourth-order valence-corrected chi connectivity index (χ4v) is 4.00. The second-order valence-corrected chi connectivity index (χ2v) is 7.32. The van der Waals surface area contributed by atoms with E-state index >= 15 is 0 Å². The first-order chi connectivity index (χ1) is 12.5. The molecule has 1 saturated heterocycles. The number of amides is 3. The van der Waals surface area contributed by atoms with Crippen LogP contribution in [0.2, 0.25) is 0 Å². The third-order valence-corrected chi connectivity index (χ3v) is 5.61. The molecule has 26 heavy (non-hydrogen) atoms. The van der Waals surface area contributed by atoms with E-state index in [2.05, 4.69) is 5.32 Å². The van der Waals surface area contributed by atoms with E-state index in [4.69, 9.17) is 0 Å². The van der Waals surface area contributed by atoms with Crippen molar-refractivity contribution in [3.63, 3.8) is 0 Å². The highest BCUT2D eigenvalue weighted by atomic mass is 32.1. The number of rotatable bonds is 4. The standard InChI is InChI=1S/C20H16N2O3S/c1-20(15-9-4-7-13-6-2-3-8-14(13)15)18(24)22(19(25)21-20)12-16(23)17-10-5-11-26-17/h2-11H,12H2,1H3,(H,21,25). The lowest BCUT2D eigenvalue weighted by Gasteiger charge is -2.24. The Morgan fingerprint density at radius 1 is 1.08 bits per heavy atom. The topological polar surface area (TPSA) is 66.5 Å². The second kappa shape index (κ2) is 6.07. The lowest BCUT2D eigenvalue weighted by Crippen LogP contribution is -2.41. The molecular formula is C20H16N2O3S. The van der Waals surface area contributed by atoms with Crippen molar-refractivity contribution in [3.05, 3.63) is 70.4 Å². The number of carbonyl (C=O) groups is 3. The van der Waals surface area contributed by atoms with Crippen LogP contribution in [0.25, 0.3) is 10.8 Å². The zero-order chi connectivity index (χ0) is 18.3. The van der Waals surface area contributed by atoms with Gasteiger partial charge in [0.25, 0.3) is 5.91 Å². The molecule has 1 atom stereocenters. The highest BCUT2D eigenvalue weighted by Crippen LogP contribution is 2.33. The number of Topliss-reactive ketones (excluding diaryl/α,β-unsaturated/α-hetero) is 1. The summed E-state index contributed by atoms with van der Waals surface area (Å²) in [6.07, 6.45) is 0. The maximum absolute atomic E-state index is 13.1. The Hall–Kier alpha value is -2.99. The van der Waals surface area contributed by atoms with Crippen LogP contribution >= 0.6 is 11.3 Å². The molecule has 1 aromatic heterocycles. The van der Waals surface area contributed by atoms with Crippen LogP contribution in [-0.2, 0) is 10.3 Å². The molecule has 1 aliphatic heterocycles. The van der Waals surface area contributed by atoms with Crippen molar-refractivity contribution in [2.24, 2.45) is 0 Å². The van der Waals surface area contributed by atoms with Gasteiger partial charge in [0.15, 0.2) is 5.78 Å². The fraction of sp³-hybridized carbons (Fsp3) is 0.150. The number of carbonyl (C=O) groups excluding carboxylic acids is 3. The highest BCUT2D eigenvalue weighted by molar-refractivity contribution is 7.12. The summed E-state index contributed by atoms with van der Waals surface area (Å²) < 4.78 is 0. The average Bonchev–Trinajstić information content (AvgIpc) is 3.25. The van der Waals surface area contributed by atoms with Gasteiger partial charge in [-0.3, -0.25) is 14.5 Å². The van der Waals surface area contributed by atoms with Crippen molar-refractivity contribution in [2.75, 3.05) is 6.54 Å². The van der Waals surface area contributed by atoms with Crippen molar-refractivity contribution < 1.29 is 14.4 Å². The summed E-state index contributed by atoms with van der Waals surface area (Å²) >= 11 is 1.30. The quantitative estimate of drug-likeness (QED) is 0.569. The average molecular weight is 364 g/mol. The van der Waals surface area contributed by atoms with Crippen molar-refractivity contribution >= 4 is 39.8 Å². The van der Waals surface area contributed by atoms with Gasteiger partial charge in [-0.25, -0.2) is 4.79 Å². The van der Waals surface area contributed by atoms with E-state index in [0.29, 0.717) is 4.88 Å². The van der Waals surface area contributed by atoms with Crippen LogP contribution < -0.4 is 5.32 Å². The Kier molecular flexibility index (Phi) is 3.85. The van der Waals surface area contributed by atoms with Gasteiger partial charge in [-0.1, -0.05) is 48.5 Å². The summed E-state index contributed by atoms with van der Waals surface area (Å²) in [5.41, 5.74) is -0.478. The van der Waals surface area contributed by atoms with Crippen LogP contribution in [0.4, 0.5) is 4.79 Å². The minimum atomic E-state index is -1.20. The van der Waals surface area contributed by atoms with Crippen molar-refractivity contribution in [1.82, 2.24) is 10.2 Å². The Morgan fingerprint density at radius 2 is 1.85 bits per heavy atom. The van der Waals surface area contributed by atoms with E-state index in [1.54, 1.807) is 24.4 Å². The normalized spacial score (nSPS) is 19.8. The zero-order valence-electron chi connectivity index (χ0n) is 14.1. The molecule has 0 aliphatic carbocycles. The van der Waals surface area contributed by atoms with Gasteiger partial charge in [-0.05, 0) is 34.7 Å². The summed E-state index contributed by atoms with van der Waals surface area (Å²) in [7, 11) is 0. The number of thiophene rings is 1. The highest BCUT2D eigenvalue weighted by Gasteiger charge is 2.50. The maximum Gasteiger partial charge on any atom is 0.325 e. The number of hydrogen-bond acceptors (Lipinski definition) is 4. The predicted octanol–water partition coefficient (Wildman–Crippen LogP) is 3.55. The third-order valence-electron chi connectivity index (χ3n) is 4.70. The number of ketones is 1. The fourth-order valence-electron chi connectivity index (χ4n) is 3.34. The summed E-state index contributed by atoms with van der Waals surface area (Å²) in [5, 5.41) is 6.46. The smallest absolute Gasteiger partial charge is 0.319 e. The van der Waals surface area contributed by atoms with E-state index in [1.807, 2.05) is 42.5 Å². The molecule has 6 heteroatoms. The Morgan fingerprint density at radius 3 is 2.62 bits per heavy atom. The van der Waals surface area contributed by atoms with Crippen LogP contribution in [0.5, 0.6) is 0 Å². The van der Waals surface area contributed by atoms with Crippen molar-refractivity contribution in [3.8, 4) is 0 Å². The van der Waals surface area contributed by atoms with E-state index in [-0.39, 0.29) is 12.3 Å².